The van der Waals surface area contributed by atoms with Crippen LogP contribution in [-0.4, -0.2) is 17.4 Å². The van der Waals surface area contributed by atoms with Crippen molar-refractivity contribution >= 4 is 33.4 Å². The number of halogens is 2. The van der Waals surface area contributed by atoms with Crippen molar-refractivity contribution in [3.05, 3.63) is 33.3 Å². The molecule has 0 aromatic heterocycles. The predicted molar refractivity (Wildman–Crippen MR) is 91.4 cm³/mol. The van der Waals surface area contributed by atoms with E-state index in [9.17, 15) is 4.79 Å². The number of likely N-dealkylation sites (tertiary alicyclic amines) is 1. The number of carbonyl (C=O) groups is 1. The molecule has 116 valence electrons. The van der Waals surface area contributed by atoms with E-state index in [0.29, 0.717) is 23.9 Å². The monoisotopic (exact) mass is 371 g/mol. The molecule has 0 saturated carbocycles. The molecule has 1 fully saturated rings. The van der Waals surface area contributed by atoms with Gasteiger partial charge >= 0.3 is 0 Å². The fraction of sp³-hybridized carbons (Fsp3) is 0.588. The Morgan fingerprint density at radius 3 is 2.67 bits per heavy atom. The number of nitrogens with zero attached hydrogens (tertiary/aromatic N) is 1. The summed E-state index contributed by atoms with van der Waals surface area (Å²) in [6.07, 6.45) is 2.71. The number of rotatable bonds is 2. The van der Waals surface area contributed by atoms with Gasteiger partial charge in [-0.15, -0.1) is 0 Å². The lowest BCUT2D eigenvalue weighted by Gasteiger charge is -2.29. The van der Waals surface area contributed by atoms with Crippen LogP contribution in [0.15, 0.2) is 22.7 Å². The molecular formula is C17H23BrClNO. The van der Waals surface area contributed by atoms with Crippen LogP contribution in [0.4, 0.5) is 0 Å². The Labute approximate surface area is 141 Å². The minimum atomic E-state index is 0.251. The van der Waals surface area contributed by atoms with Gasteiger partial charge in [-0.2, -0.15) is 0 Å². The summed E-state index contributed by atoms with van der Waals surface area (Å²) in [6.45, 7) is 8.24. The Hall–Kier alpha value is -0.540. The van der Waals surface area contributed by atoms with Gasteiger partial charge in [-0.3, -0.25) is 4.79 Å². The summed E-state index contributed by atoms with van der Waals surface area (Å²) in [4.78, 5) is 14.3. The number of hydrogen-bond acceptors (Lipinski definition) is 1. The van der Waals surface area contributed by atoms with Gasteiger partial charge in [-0.25, -0.2) is 0 Å². The van der Waals surface area contributed by atoms with Gasteiger partial charge < -0.3 is 4.90 Å². The molecule has 1 aromatic rings. The van der Waals surface area contributed by atoms with Gasteiger partial charge in [-0.1, -0.05) is 54.4 Å². The molecule has 1 amide bonds. The average molecular weight is 373 g/mol. The van der Waals surface area contributed by atoms with Gasteiger partial charge in [0.2, 0.25) is 5.91 Å². The normalized spacial score (nSPS) is 20.5. The molecule has 0 radical (unpaired) electrons. The second-order valence-corrected chi connectivity index (χ2v) is 8.26. The molecule has 0 N–H and O–H groups in total. The Kier molecular flexibility index (Phi) is 5.37. The minimum Gasteiger partial charge on any atom is -0.338 e. The minimum absolute atomic E-state index is 0.251. The Balaban J connectivity index is 2.08. The summed E-state index contributed by atoms with van der Waals surface area (Å²) >= 11 is 9.68. The van der Waals surface area contributed by atoms with Crippen LogP contribution >= 0.6 is 27.5 Å². The average Bonchev–Trinajstić information content (AvgIpc) is 2.55. The molecule has 2 nitrogen and oxygen atoms in total. The van der Waals surface area contributed by atoms with Crippen LogP contribution in [0.1, 0.15) is 45.6 Å². The molecule has 1 atom stereocenters. The molecule has 1 aliphatic rings. The van der Waals surface area contributed by atoms with E-state index >= 15 is 0 Å². The fourth-order valence-electron chi connectivity index (χ4n) is 2.93. The van der Waals surface area contributed by atoms with Crippen molar-refractivity contribution in [1.82, 2.24) is 4.90 Å². The molecule has 0 aliphatic carbocycles. The Morgan fingerprint density at radius 1 is 1.33 bits per heavy atom. The molecule has 2 rings (SSSR count). The number of amides is 1. The third-order valence-electron chi connectivity index (χ3n) is 4.41. The van der Waals surface area contributed by atoms with Crippen molar-refractivity contribution < 1.29 is 4.79 Å². The highest BCUT2D eigenvalue weighted by Crippen LogP contribution is 2.35. The van der Waals surface area contributed by atoms with Crippen LogP contribution in [0.5, 0.6) is 0 Å². The molecule has 1 unspecified atom stereocenters. The zero-order chi connectivity index (χ0) is 15.6. The molecule has 1 saturated heterocycles. The lowest BCUT2D eigenvalue weighted by molar-refractivity contribution is -0.131. The van der Waals surface area contributed by atoms with Crippen molar-refractivity contribution in [3.8, 4) is 0 Å². The van der Waals surface area contributed by atoms with Crippen molar-refractivity contribution in [2.45, 2.75) is 46.6 Å². The zero-order valence-electron chi connectivity index (χ0n) is 13.0. The standard InChI is InChI=1S/C17H23BrClNO/c1-17(2,3)13-5-7-16(21)20(9-8-13)11-12-4-6-14(18)10-15(12)19/h4,6,10,13H,5,7-9,11H2,1-3H3. The number of benzene rings is 1. The molecule has 21 heavy (non-hydrogen) atoms. The van der Waals surface area contributed by atoms with Gasteiger partial charge in [0.25, 0.3) is 0 Å². The third kappa shape index (κ3) is 4.46. The van der Waals surface area contributed by atoms with Crippen molar-refractivity contribution in [3.63, 3.8) is 0 Å². The summed E-state index contributed by atoms with van der Waals surface area (Å²) in [6, 6.07) is 5.85. The molecule has 0 spiro atoms. The molecule has 1 aliphatic heterocycles. The van der Waals surface area contributed by atoms with Crippen LogP contribution in [0.2, 0.25) is 5.02 Å². The second kappa shape index (κ2) is 6.70. The highest BCUT2D eigenvalue weighted by atomic mass is 79.9. The number of hydrogen-bond donors (Lipinski definition) is 0. The van der Waals surface area contributed by atoms with Crippen molar-refractivity contribution in [2.75, 3.05) is 6.54 Å². The van der Waals surface area contributed by atoms with E-state index in [1.54, 1.807) is 0 Å². The third-order valence-corrected chi connectivity index (χ3v) is 5.25. The lowest BCUT2D eigenvalue weighted by Crippen LogP contribution is -2.30. The quantitative estimate of drug-likeness (QED) is 0.692. The highest BCUT2D eigenvalue weighted by Gasteiger charge is 2.30. The van der Waals surface area contributed by atoms with Crippen LogP contribution in [-0.2, 0) is 11.3 Å². The molecule has 0 bridgehead atoms. The summed E-state index contributed by atoms with van der Waals surface area (Å²) in [5, 5.41) is 0.716. The maximum atomic E-state index is 12.3. The van der Waals surface area contributed by atoms with Gasteiger partial charge in [0, 0.05) is 29.0 Å². The van der Waals surface area contributed by atoms with E-state index in [-0.39, 0.29) is 11.3 Å². The summed E-state index contributed by atoms with van der Waals surface area (Å²) in [7, 11) is 0. The highest BCUT2D eigenvalue weighted by molar-refractivity contribution is 9.10. The number of carbonyl (C=O) groups excluding carboxylic acids is 1. The van der Waals surface area contributed by atoms with Crippen LogP contribution in [0, 0.1) is 11.3 Å². The zero-order valence-corrected chi connectivity index (χ0v) is 15.3. The van der Waals surface area contributed by atoms with E-state index < -0.39 is 0 Å². The van der Waals surface area contributed by atoms with Crippen LogP contribution in [0.25, 0.3) is 0 Å². The molecule has 4 heteroatoms. The molecular weight excluding hydrogens is 350 g/mol. The van der Waals surface area contributed by atoms with E-state index in [1.165, 1.54) is 0 Å². The fourth-order valence-corrected chi connectivity index (χ4v) is 3.66. The van der Waals surface area contributed by atoms with E-state index in [0.717, 1.165) is 29.4 Å². The SMILES string of the molecule is CC(C)(C)C1CCC(=O)N(Cc2ccc(Br)cc2Cl)CC1. The Morgan fingerprint density at radius 2 is 2.05 bits per heavy atom. The first-order valence-electron chi connectivity index (χ1n) is 7.49. The Bertz CT molecular complexity index is 524. The summed E-state index contributed by atoms with van der Waals surface area (Å²) in [5.74, 6) is 0.854. The van der Waals surface area contributed by atoms with Gasteiger partial charge in [0.15, 0.2) is 0 Å². The van der Waals surface area contributed by atoms with Crippen LogP contribution in [0.3, 0.4) is 0 Å². The molecule has 1 heterocycles. The lowest BCUT2D eigenvalue weighted by atomic mass is 9.77. The van der Waals surface area contributed by atoms with Crippen molar-refractivity contribution in [2.24, 2.45) is 11.3 Å². The molecule has 1 aromatic carbocycles. The van der Waals surface area contributed by atoms with E-state index in [2.05, 4.69) is 36.7 Å². The summed E-state index contributed by atoms with van der Waals surface area (Å²) < 4.78 is 0.964. The van der Waals surface area contributed by atoms with Gasteiger partial charge in [0.05, 0.1) is 0 Å². The first-order chi connectivity index (χ1) is 9.77. The first kappa shape index (κ1) is 16.8. The summed E-state index contributed by atoms with van der Waals surface area (Å²) in [5.41, 5.74) is 1.29. The second-order valence-electron chi connectivity index (χ2n) is 6.94. The van der Waals surface area contributed by atoms with Gasteiger partial charge in [0.1, 0.15) is 0 Å². The van der Waals surface area contributed by atoms with E-state index in [4.69, 9.17) is 11.6 Å². The smallest absolute Gasteiger partial charge is 0.222 e. The van der Waals surface area contributed by atoms with Crippen molar-refractivity contribution in [1.29, 1.82) is 0 Å². The maximum absolute atomic E-state index is 12.3. The van der Waals surface area contributed by atoms with Crippen LogP contribution < -0.4 is 0 Å². The van der Waals surface area contributed by atoms with Gasteiger partial charge in [-0.05, 0) is 41.9 Å². The maximum Gasteiger partial charge on any atom is 0.222 e. The predicted octanol–water partition coefficient (Wildman–Crippen LogP) is 5.28. The largest absolute Gasteiger partial charge is 0.338 e. The van der Waals surface area contributed by atoms with E-state index in [1.807, 2.05) is 23.1 Å². The topological polar surface area (TPSA) is 20.3 Å². The first-order valence-corrected chi connectivity index (χ1v) is 8.66.